The third-order valence-electron chi connectivity index (χ3n) is 5.27. The Hall–Kier alpha value is -2.31. The van der Waals surface area contributed by atoms with Crippen molar-refractivity contribution >= 4 is 18.1 Å². The molecule has 0 aromatic carbocycles. The molecule has 0 aromatic rings. The van der Waals surface area contributed by atoms with Crippen molar-refractivity contribution in [2.24, 2.45) is 35.0 Å². The van der Waals surface area contributed by atoms with Gasteiger partial charge in [-0.15, -0.1) is 0 Å². The molecule has 216 valence electrons. The second kappa shape index (κ2) is 21.9. The second-order valence-corrected chi connectivity index (χ2v) is 10.4. The summed E-state index contributed by atoms with van der Waals surface area (Å²) in [6.07, 6.45) is 6.44. The fourth-order valence-corrected chi connectivity index (χ4v) is 2.75. The van der Waals surface area contributed by atoms with E-state index in [1.807, 2.05) is 0 Å². The molecule has 0 saturated heterocycles. The van der Waals surface area contributed by atoms with Gasteiger partial charge in [-0.3, -0.25) is 15.6 Å². The Balaban J connectivity index is -0.000000454. The third kappa shape index (κ3) is 24.8. The number of urea groups is 3. The van der Waals surface area contributed by atoms with Crippen molar-refractivity contribution in [3.8, 4) is 0 Å². The standard InChI is InChI=1S/3C8H18N2O2/c2*1-6(2)4-5-7(3)10(12)8(9)11;1-7(2)5-3-4-6-10(12)8(9)11/h2*6-7,12H,4-5H2,1-3H3,(H2,9,11);7,12H,3-6H2,1-2H3,(H2,9,11)/t2*7-;/m10./s1. The summed E-state index contributed by atoms with van der Waals surface area (Å²) in [6, 6.07) is -2.73. The maximum atomic E-state index is 10.5. The number of hydrogen-bond donors (Lipinski definition) is 6. The molecule has 9 N–H and O–H groups in total. The van der Waals surface area contributed by atoms with Gasteiger partial charge in [-0.05, 0) is 63.7 Å². The van der Waals surface area contributed by atoms with Gasteiger partial charge in [-0.1, -0.05) is 54.4 Å². The molecular formula is C24H54N6O6. The minimum atomic E-state index is -0.786. The molecule has 2 atom stereocenters. The van der Waals surface area contributed by atoms with Crippen LogP contribution in [0.1, 0.15) is 100 Å². The lowest BCUT2D eigenvalue weighted by molar-refractivity contribution is -0.0725. The van der Waals surface area contributed by atoms with Gasteiger partial charge in [0.15, 0.2) is 0 Å². The number of hydrogen-bond acceptors (Lipinski definition) is 6. The van der Waals surface area contributed by atoms with Gasteiger partial charge in [0, 0.05) is 0 Å². The van der Waals surface area contributed by atoms with E-state index in [-0.39, 0.29) is 12.1 Å². The normalized spacial score (nSPS) is 12.2. The molecule has 0 aliphatic carbocycles. The van der Waals surface area contributed by atoms with Crippen LogP contribution >= 0.6 is 0 Å². The lowest BCUT2D eigenvalue weighted by Gasteiger charge is -2.20. The summed E-state index contributed by atoms with van der Waals surface area (Å²) >= 11 is 0. The first kappa shape index (κ1) is 38.2. The van der Waals surface area contributed by atoms with Crippen molar-refractivity contribution in [2.75, 3.05) is 6.54 Å². The maximum absolute atomic E-state index is 10.5. The summed E-state index contributed by atoms with van der Waals surface area (Å²) in [6.45, 7) is 16.5. The molecule has 12 heteroatoms. The minimum Gasteiger partial charge on any atom is -0.350 e. The van der Waals surface area contributed by atoms with Gasteiger partial charge in [0.25, 0.3) is 0 Å². The fraction of sp³-hybridized carbons (Fsp3) is 0.875. The molecule has 0 heterocycles. The summed E-state index contributed by atoms with van der Waals surface area (Å²) in [5.41, 5.74) is 14.6. The Morgan fingerprint density at radius 2 is 0.889 bits per heavy atom. The van der Waals surface area contributed by atoms with Crippen molar-refractivity contribution in [2.45, 2.75) is 112 Å². The molecule has 0 saturated carbocycles. The largest absolute Gasteiger partial charge is 0.350 e. The topological polar surface area (TPSA) is 200 Å². The minimum absolute atomic E-state index is 0.190. The molecular weight excluding hydrogens is 468 g/mol. The van der Waals surface area contributed by atoms with Crippen LogP contribution in [0.3, 0.4) is 0 Å². The Bertz CT molecular complexity index is 557. The Kier molecular flexibility index (Phi) is 23.3. The monoisotopic (exact) mass is 522 g/mol. The van der Waals surface area contributed by atoms with Crippen LogP contribution in [0.2, 0.25) is 0 Å². The zero-order valence-electron chi connectivity index (χ0n) is 23.7. The summed E-state index contributed by atoms with van der Waals surface area (Å²) in [7, 11) is 0. The lowest BCUT2D eigenvalue weighted by atomic mass is 10.0. The van der Waals surface area contributed by atoms with Gasteiger partial charge in [0.05, 0.1) is 18.6 Å². The van der Waals surface area contributed by atoms with Gasteiger partial charge >= 0.3 is 18.1 Å². The molecule has 0 spiro atoms. The molecule has 36 heavy (non-hydrogen) atoms. The number of nitrogens with two attached hydrogens (primary N) is 3. The number of carbonyl (C=O) groups is 3. The smallest absolute Gasteiger partial charge is 0.338 e. The quantitative estimate of drug-likeness (QED) is 0.114. The molecule has 12 nitrogen and oxygen atoms in total. The molecule has 0 aliphatic heterocycles. The Labute approximate surface area is 217 Å². The number of carbonyl (C=O) groups excluding carboxylic acids is 3. The highest BCUT2D eigenvalue weighted by Crippen LogP contribution is 2.11. The number of hydroxylamine groups is 6. The van der Waals surface area contributed by atoms with Crippen molar-refractivity contribution in [1.29, 1.82) is 0 Å². The SMILES string of the molecule is CC(C)CCCCN(O)C(N)=O.CC(C)CC[C@@H](C)N(O)C(N)=O.CC(C)CC[C@H](C)N(O)C(N)=O. The van der Waals surface area contributed by atoms with Crippen LogP contribution in [-0.4, -0.2) is 67.5 Å². The summed E-state index contributed by atoms with van der Waals surface area (Å²) in [4.78, 5) is 31.3. The highest BCUT2D eigenvalue weighted by molar-refractivity contribution is 5.71. The number of amides is 6. The molecule has 0 rings (SSSR count). The first-order valence-electron chi connectivity index (χ1n) is 12.7. The number of primary amides is 3. The number of nitrogens with zero attached hydrogens (tertiary/aromatic N) is 3. The van der Waals surface area contributed by atoms with Gasteiger partial charge in [-0.2, -0.15) is 0 Å². The first-order chi connectivity index (χ1) is 16.4. The molecule has 6 amide bonds. The van der Waals surface area contributed by atoms with Crippen molar-refractivity contribution in [3.63, 3.8) is 0 Å². The second-order valence-electron chi connectivity index (χ2n) is 10.4. The van der Waals surface area contributed by atoms with Crippen LogP contribution in [0, 0.1) is 17.8 Å². The van der Waals surface area contributed by atoms with Crippen LogP contribution < -0.4 is 17.2 Å². The highest BCUT2D eigenvalue weighted by atomic mass is 16.5. The van der Waals surface area contributed by atoms with Crippen molar-refractivity contribution in [3.05, 3.63) is 0 Å². The highest BCUT2D eigenvalue weighted by Gasteiger charge is 2.15. The number of unbranched alkanes of at least 4 members (excludes halogenated alkanes) is 1. The summed E-state index contributed by atoms with van der Waals surface area (Å²) < 4.78 is 0. The molecule has 0 bridgehead atoms. The van der Waals surface area contributed by atoms with E-state index in [9.17, 15) is 14.4 Å². The third-order valence-corrected chi connectivity index (χ3v) is 5.27. The zero-order valence-corrected chi connectivity index (χ0v) is 23.7. The van der Waals surface area contributed by atoms with E-state index < -0.39 is 18.1 Å². The van der Waals surface area contributed by atoms with E-state index >= 15 is 0 Å². The van der Waals surface area contributed by atoms with E-state index in [0.29, 0.717) is 39.5 Å². The Morgan fingerprint density at radius 3 is 1.14 bits per heavy atom. The Morgan fingerprint density at radius 1 is 0.556 bits per heavy atom. The van der Waals surface area contributed by atoms with Crippen LogP contribution in [0.15, 0.2) is 0 Å². The molecule has 0 aliphatic rings. The van der Waals surface area contributed by atoms with Crippen molar-refractivity contribution in [1.82, 2.24) is 15.2 Å². The van der Waals surface area contributed by atoms with Gasteiger partial charge in [0.2, 0.25) is 0 Å². The van der Waals surface area contributed by atoms with Crippen LogP contribution in [0.5, 0.6) is 0 Å². The average molecular weight is 523 g/mol. The van der Waals surface area contributed by atoms with Crippen LogP contribution in [0.25, 0.3) is 0 Å². The van der Waals surface area contributed by atoms with E-state index in [2.05, 4.69) is 41.5 Å². The predicted octanol–water partition coefficient (Wildman–Crippen LogP) is 4.74. The van der Waals surface area contributed by atoms with Gasteiger partial charge in [0.1, 0.15) is 0 Å². The van der Waals surface area contributed by atoms with E-state index in [4.69, 9.17) is 32.8 Å². The predicted molar refractivity (Wildman–Crippen MR) is 140 cm³/mol. The number of rotatable bonds is 13. The maximum Gasteiger partial charge on any atom is 0.338 e. The van der Waals surface area contributed by atoms with Crippen LogP contribution in [-0.2, 0) is 0 Å². The molecule has 0 radical (unpaired) electrons. The van der Waals surface area contributed by atoms with E-state index in [0.717, 1.165) is 44.9 Å². The zero-order chi connectivity index (χ0) is 29.0. The van der Waals surface area contributed by atoms with E-state index in [1.54, 1.807) is 13.8 Å². The molecule has 0 aromatic heterocycles. The molecule has 0 unspecified atom stereocenters. The lowest BCUT2D eigenvalue weighted by Crippen LogP contribution is -2.39. The van der Waals surface area contributed by atoms with Gasteiger partial charge in [-0.25, -0.2) is 29.6 Å². The first-order valence-corrected chi connectivity index (χ1v) is 12.7. The summed E-state index contributed by atoms with van der Waals surface area (Å²) in [5, 5.41) is 28.7. The molecule has 0 fully saturated rings. The van der Waals surface area contributed by atoms with Crippen LogP contribution in [0.4, 0.5) is 14.4 Å². The van der Waals surface area contributed by atoms with Gasteiger partial charge < -0.3 is 17.2 Å². The van der Waals surface area contributed by atoms with Crippen molar-refractivity contribution < 1.29 is 30.0 Å². The average Bonchev–Trinajstić information content (AvgIpc) is 2.77. The van der Waals surface area contributed by atoms with E-state index in [1.165, 1.54) is 0 Å². The fourth-order valence-electron chi connectivity index (χ4n) is 2.75. The summed E-state index contributed by atoms with van der Waals surface area (Å²) in [5.74, 6) is 1.83.